The standard InChI is InChI=1S/C16H18BrN3O2/c17-12-3-4-13-11(9-12)10-14(19-13)16(22)18-6-5-15(21)20-7-1-2-8-20/h3-4,9-10,19H,1-2,5-8H2,(H,18,22). The molecular formula is C16H18BrN3O2. The van der Waals surface area contributed by atoms with Crippen LogP contribution in [0.4, 0.5) is 0 Å². The molecule has 5 nitrogen and oxygen atoms in total. The summed E-state index contributed by atoms with van der Waals surface area (Å²) in [5.74, 6) is -0.0556. The number of aromatic amines is 1. The summed E-state index contributed by atoms with van der Waals surface area (Å²) in [6, 6.07) is 7.62. The Bertz CT molecular complexity index is 704. The molecule has 0 radical (unpaired) electrons. The lowest BCUT2D eigenvalue weighted by Gasteiger charge is -2.14. The van der Waals surface area contributed by atoms with Gasteiger partial charge in [0.1, 0.15) is 5.69 Å². The first kappa shape index (κ1) is 15.1. The van der Waals surface area contributed by atoms with Crippen LogP contribution in [0.15, 0.2) is 28.7 Å². The van der Waals surface area contributed by atoms with E-state index >= 15 is 0 Å². The molecular weight excluding hydrogens is 346 g/mol. The van der Waals surface area contributed by atoms with Crippen LogP contribution < -0.4 is 5.32 Å². The Kier molecular flexibility index (Phi) is 4.47. The third kappa shape index (κ3) is 3.32. The molecule has 3 rings (SSSR count). The Morgan fingerprint density at radius 2 is 2.00 bits per heavy atom. The van der Waals surface area contributed by atoms with E-state index in [1.165, 1.54) is 0 Å². The Hall–Kier alpha value is -1.82. The predicted octanol–water partition coefficient (Wildman–Crippen LogP) is 2.67. The summed E-state index contributed by atoms with van der Waals surface area (Å²) in [5, 5.41) is 3.78. The molecule has 2 heterocycles. The number of hydrogen-bond acceptors (Lipinski definition) is 2. The number of fused-ring (bicyclic) bond motifs is 1. The van der Waals surface area contributed by atoms with Crippen molar-refractivity contribution in [3.05, 3.63) is 34.4 Å². The highest BCUT2D eigenvalue weighted by Gasteiger charge is 2.17. The van der Waals surface area contributed by atoms with Crippen LogP contribution in [0.2, 0.25) is 0 Å². The van der Waals surface area contributed by atoms with Gasteiger partial charge in [0.15, 0.2) is 0 Å². The predicted molar refractivity (Wildman–Crippen MR) is 88.8 cm³/mol. The van der Waals surface area contributed by atoms with Gasteiger partial charge in [-0.1, -0.05) is 15.9 Å². The summed E-state index contributed by atoms with van der Waals surface area (Å²) < 4.78 is 0.974. The van der Waals surface area contributed by atoms with Crippen LogP contribution in [0.5, 0.6) is 0 Å². The highest BCUT2D eigenvalue weighted by molar-refractivity contribution is 9.10. The fourth-order valence-electron chi connectivity index (χ4n) is 2.73. The summed E-state index contributed by atoms with van der Waals surface area (Å²) in [4.78, 5) is 29.0. The summed E-state index contributed by atoms with van der Waals surface area (Å²) >= 11 is 3.41. The summed E-state index contributed by atoms with van der Waals surface area (Å²) in [6.45, 7) is 2.07. The van der Waals surface area contributed by atoms with Gasteiger partial charge in [0.25, 0.3) is 5.91 Å². The molecule has 22 heavy (non-hydrogen) atoms. The molecule has 6 heteroatoms. The van der Waals surface area contributed by atoms with Gasteiger partial charge in [-0.2, -0.15) is 0 Å². The highest BCUT2D eigenvalue weighted by Crippen LogP contribution is 2.20. The topological polar surface area (TPSA) is 65.2 Å². The molecule has 1 aliphatic rings. The van der Waals surface area contributed by atoms with Crippen LogP contribution >= 0.6 is 15.9 Å². The maximum absolute atomic E-state index is 12.1. The van der Waals surface area contributed by atoms with E-state index in [1.54, 1.807) is 0 Å². The van der Waals surface area contributed by atoms with Crippen LogP contribution in [0.25, 0.3) is 10.9 Å². The zero-order chi connectivity index (χ0) is 15.5. The Labute approximate surface area is 137 Å². The first-order valence-corrected chi connectivity index (χ1v) is 8.27. The van der Waals surface area contributed by atoms with Crippen molar-refractivity contribution >= 4 is 38.6 Å². The molecule has 0 aliphatic carbocycles. The number of H-pyrrole nitrogens is 1. The van der Waals surface area contributed by atoms with E-state index in [4.69, 9.17) is 0 Å². The Balaban J connectivity index is 1.55. The molecule has 1 saturated heterocycles. The number of rotatable bonds is 4. The van der Waals surface area contributed by atoms with Gasteiger partial charge >= 0.3 is 0 Å². The SMILES string of the molecule is O=C(NCCC(=O)N1CCCC1)c1cc2cc(Br)ccc2[nH]1. The largest absolute Gasteiger partial charge is 0.351 e. The second-order valence-corrected chi connectivity index (χ2v) is 6.42. The van der Waals surface area contributed by atoms with E-state index in [2.05, 4.69) is 26.2 Å². The molecule has 0 bridgehead atoms. The first-order valence-electron chi connectivity index (χ1n) is 7.48. The van der Waals surface area contributed by atoms with E-state index in [1.807, 2.05) is 29.2 Å². The number of hydrogen-bond donors (Lipinski definition) is 2. The minimum absolute atomic E-state index is 0.123. The number of benzene rings is 1. The van der Waals surface area contributed by atoms with Crippen LogP contribution in [-0.2, 0) is 4.79 Å². The molecule has 1 aliphatic heterocycles. The molecule has 2 amide bonds. The van der Waals surface area contributed by atoms with Crippen LogP contribution in [0, 0.1) is 0 Å². The van der Waals surface area contributed by atoms with Crippen LogP contribution in [0.3, 0.4) is 0 Å². The van der Waals surface area contributed by atoms with Gasteiger partial charge in [-0.3, -0.25) is 9.59 Å². The van der Waals surface area contributed by atoms with E-state index < -0.39 is 0 Å². The molecule has 1 fully saturated rings. The zero-order valence-electron chi connectivity index (χ0n) is 12.2. The molecule has 2 N–H and O–H groups in total. The number of aromatic nitrogens is 1. The maximum atomic E-state index is 12.1. The number of nitrogens with one attached hydrogen (secondary N) is 2. The molecule has 1 aromatic heterocycles. The quantitative estimate of drug-likeness (QED) is 0.876. The smallest absolute Gasteiger partial charge is 0.267 e. The lowest BCUT2D eigenvalue weighted by atomic mass is 10.2. The molecule has 1 aromatic carbocycles. The van der Waals surface area contributed by atoms with Crippen LogP contribution in [-0.4, -0.2) is 41.3 Å². The van der Waals surface area contributed by atoms with Gasteiger partial charge in [-0.15, -0.1) is 0 Å². The summed E-state index contributed by atoms with van der Waals surface area (Å²) in [7, 11) is 0. The summed E-state index contributed by atoms with van der Waals surface area (Å²) in [6.07, 6.45) is 2.53. The average Bonchev–Trinajstić information content (AvgIpc) is 3.15. The van der Waals surface area contributed by atoms with Gasteiger partial charge in [0, 0.05) is 41.4 Å². The van der Waals surface area contributed by atoms with Gasteiger partial charge in [0.2, 0.25) is 5.91 Å². The fourth-order valence-corrected chi connectivity index (χ4v) is 3.11. The van der Waals surface area contributed by atoms with Crippen molar-refractivity contribution in [2.24, 2.45) is 0 Å². The minimum atomic E-state index is -0.179. The maximum Gasteiger partial charge on any atom is 0.267 e. The number of likely N-dealkylation sites (tertiary alicyclic amines) is 1. The van der Waals surface area contributed by atoms with Gasteiger partial charge < -0.3 is 15.2 Å². The molecule has 0 spiro atoms. The fraction of sp³-hybridized carbons (Fsp3) is 0.375. The van der Waals surface area contributed by atoms with Crippen molar-refractivity contribution in [1.29, 1.82) is 0 Å². The molecule has 0 unspecified atom stereocenters. The number of carbonyl (C=O) groups is 2. The second-order valence-electron chi connectivity index (χ2n) is 5.51. The highest BCUT2D eigenvalue weighted by atomic mass is 79.9. The Morgan fingerprint density at radius 3 is 2.77 bits per heavy atom. The molecule has 2 aromatic rings. The average molecular weight is 364 g/mol. The van der Waals surface area contributed by atoms with E-state index in [-0.39, 0.29) is 11.8 Å². The van der Waals surface area contributed by atoms with Gasteiger partial charge in [-0.05, 0) is 37.1 Å². The third-order valence-corrected chi connectivity index (χ3v) is 4.40. The first-order chi connectivity index (χ1) is 10.6. The lowest BCUT2D eigenvalue weighted by Crippen LogP contribution is -2.32. The number of amides is 2. The number of halogens is 1. The van der Waals surface area contributed by atoms with Crippen molar-refractivity contribution in [2.75, 3.05) is 19.6 Å². The van der Waals surface area contributed by atoms with E-state index in [0.717, 1.165) is 41.3 Å². The summed E-state index contributed by atoms with van der Waals surface area (Å²) in [5.41, 5.74) is 1.43. The zero-order valence-corrected chi connectivity index (χ0v) is 13.8. The molecule has 0 atom stereocenters. The number of carbonyl (C=O) groups excluding carboxylic acids is 2. The number of nitrogens with zero attached hydrogens (tertiary/aromatic N) is 1. The molecule has 116 valence electrons. The van der Waals surface area contributed by atoms with Crippen molar-refractivity contribution in [3.63, 3.8) is 0 Å². The van der Waals surface area contributed by atoms with Gasteiger partial charge in [-0.25, -0.2) is 0 Å². The monoisotopic (exact) mass is 363 g/mol. The van der Waals surface area contributed by atoms with Crippen molar-refractivity contribution in [1.82, 2.24) is 15.2 Å². The lowest BCUT2D eigenvalue weighted by molar-refractivity contribution is -0.129. The van der Waals surface area contributed by atoms with Crippen molar-refractivity contribution in [2.45, 2.75) is 19.3 Å². The Morgan fingerprint density at radius 1 is 1.23 bits per heavy atom. The minimum Gasteiger partial charge on any atom is -0.351 e. The van der Waals surface area contributed by atoms with Crippen molar-refractivity contribution in [3.8, 4) is 0 Å². The van der Waals surface area contributed by atoms with Crippen LogP contribution in [0.1, 0.15) is 29.8 Å². The normalized spacial score (nSPS) is 14.5. The van der Waals surface area contributed by atoms with E-state index in [0.29, 0.717) is 18.7 Å². The molecule has 0 saturated carbocycles. The van der Waals surface area contributed by atoms with E-state index in [9.17, 15) is 9.59 Å². The third-order valence-electron chi connectivity index (χ3n) is 3.91. The van der Waals surface area contributed by atoms with Crippen molar-refractivity contribution < 1.29 is 9.59 Å². The van der Waals surface area contributed by atoms with Gasteiger partial charge in [0.05, 0.1) is 0 Å². The second kappa shape index (κ2) is 6.52.